The van der Waals surface area contributed by atoms with Crippen LogP contribution in [0.1, 0.15) is 16.1 Å². The number of fused-ring (bicyclic) bond motifs is 1. The second kappa shape index (κ2) is 5.71. The van der Waals surface area contributed by atoms with Gasteiger partial charge in [-0.05, 0) is 36.2 Å². The van der Waals surface area contributed by atoms with Crippen molar-refractivity contribution < 1.29 is 17.6 Å². The summed E-state index contributed by atoms with van der Waals surface area (Å²) in [5.41, 5.74) is 2.11. The molecule has 0 fully saturated rings. The molecule has 1 amide bonds. The molecule has 0 aliphatic carbocycles. The predicted molar refractivity (Wildman–Crippen MR) is 86.8 cm³/mol. The van der Waals surface area contributed by atoms with Gasteiger partial charge in [-0.1, -0.05) is 6.07 Å². The Hall–Kier alpha value is -2.32. The summed E-state index contributed by atoms with van der Waals surface area (Å²) in [6.45, 7) is 0.540. The molecule has 8 heteroatoms. The van der Waals surface area contributed by atoms with Gasteiger partial charge in [0.1, 0.15) is 0 Å². The van der Waals surface area contributed by atoms with E-state index < -0.39 is 10.2 Å². The van der Waals surface area contributed by atoms with Gasteiger partial charge >= 0.3 is 10.2 Å². The number of carbonyl (C=O) groups is 1. The van der Waals surface area contributed by atoms with E-state index in [1.165, 1.54) is 20.4 Å². The number of nitrogens with zero attached hydrogens (tertiary/aromatic N) is 2. The Labute approximate surface area is 134 Å². The van der Waals surface area contributed by atoms with Gasteiger partial charge < -0.3 is 9.32 Å². The Balaban J connectivity index is 1.90. The SMILES string of the molecule is CN(C)S(=O)(=O)Nc1ccc2c(c1)N(C(=O)c1ccco1)CC2. The summed E-state index contributed by atoms with van der Waals surface area (Å²) in [4.78, 5) is 14.1. The van der Waals surface area contributed by atoms with Gasteiger partial charge in [-0.2, -0.15) is 12.7 Å². The Bertz CT molecular complexity index is 828. The van der Waals surface area contributed by atoms with Crippen LogP contribution in [0.2, 0.25) is 0 Å². The minimum atomic E-state index is -3.59. The summed E-state index contributed by atoms with van der Waals surface area (Å²) in [5.74, 6) is 0.0264. The number of hydrogen-bond donors (Lipinski definition) is 1. The van der Waals surface area contributed by atoms with E-state index in [9.17, 15) is 13.2 Å². The van der Waals surface area contributed by atoms with Crippen LogP contribution in [-0.2, 0) is 16.6 Å². The maximum atomic E-state index is 12.5. The van der Waals surface area contributed by atoms with Crippen LogP contribution >= 0.6 is 0 Å². The second-order valence-corrected chi connectivity index (χ2v) is 7.30. The van der Waals surface area contributed by atoms with Crippen molar-refractivity contribution in [1.82, 2.24) is 4.31 Å². The third kappa shape index (κ3) is 2.95. The fraction of sp³-hybridized carbons (Fsp3) is 0.267. The van der Waals surface area contributed by atoms with E-state index in [0.717, 1.165) is 16.3 Å². The van der Waals surface area contributed by atoms with Crippen LogP contribution in [0.15, 0.2) is 41.0 Å². The molecule has 0 spiro atoms. The molecule has 1 N–H and O–H groups in total. The normalized spacial score (nSPS) is 14.1. The Kier molecular flexibility index (Phi) is 3.87. The lowest BCUT2D eigenvalue weighted by Crippen LogP contribution is -2.30. The van der Waals surface area contributed by atoms with Crippen LogP contribution in [-0.4, -0.2) is 39.3 Å². The first-order valence-electron chi connectivity index (χ1n) is 7.07. The predicted octanol–water partition coefficient (Wildman–Crippen LogP) is 1.70. The molecule has 2 aromatic rings. The highest BCUT2D eigenvalue weighted by atomic mass is 32.2. The molecule has 0 atom stereocenters. The number of rotatable bonds is 4. The molecule has 0 saturated heterocycles. The Morgan fingerprint density at radius 2 is 2.09 bits per heavy atom. The molecule has 2 heterocycles. The van der Waals surface area contributed by atoms with Crippen molar-refractivity contribution in [3.63, 3.8) is 0 Å². The zero-order valence-corrected chi connectivity index (χ0v) is 13.6. The van der Waals surface area contributed by atoms with Crippen LogP contribution in [0.3, 0.4) is 0 Å². The van der Waals surface area contributed by atoms with Gasteiger partial charge in [0.05, 0.1) is 12.0 Å². The highest BCUT2D eigenvalue weighted by molar-refractivity contribution is 7.90. The van der Waals surface area contributed by atoms with Crippen LogP contribution in [0, 0.1) is 0 Å². The van der Waals surface area contributed by atoms with Gasteiger partial charge in [0.25, 0.3) is 5.91 Å². The minimum Gasteiger partial charge on any atom is -0.459 e. The number of furan rings is 1. The second-order valence-electron chi connectivity index (χ2n) is 5.42. The van der Waals surface area contributed by atoms with E-state index in [2.05, 4.69) is 4.72 Å². The molecule has 0 radical (unpaired) electrons. The number of hydrogen-bond acceptors (Lipinski definition) is 4. The monoisotopic (exact) mass is 335 g/mol. The van der Waals surface area contributed by atoms with Crippen molar-refractivity contribution in [1.29, 1.82) is 0 Å². The first-order valence-corrected chi connectivity index (χ1v) is 8.51. The van der Waals surface area contributed by atoms with Gasteiger partial charge in [-0.25, -0.2) is 0 Å². The zero-order valence-electron chi connectivity index (χ0n) is 12.8. The number of benzene rings is 1. The summed E-state index contributed by atoms with van der Waals surface area (Å²) >= 11 is 0. The third-order valence-electron chi connectivity index (χ3n) is 3.69. The zero-order chi connectivity index (χ0) is 16.6. The van der Waals surface area contributed by atoms with Crippen molar-refractivity contribution in [3.05, 3.63) is 47.9 Å². The van der Waals surface area contributed by atoms with E-state index in [1.807, 2.05) is 6.07 Å². The topological polar surface area (TPSA) is 82.9 Å². The van der Waals surface area contributed by atoms with Crippen molar-refractivity contribution in [2.75, 3.05) is 30.3 Å². The van der Waals surface area contributed by atoms with Crippen molar-refractivity contribution in [3.8, 4) is 0 Å². The molecule has 3 rings (SSSR count). The molecule has 23 heavy (non-hydrogen) atoms. The number of nitrogens with one attached hydrogen (secondary N) is 1. The molecule has 0 bridgehead atoms. The molecular formula is C15H17N3O4S. The number of carbonyl (C=O) groups excluding carboxylic acids is 1. The van der Waals surface area contributed by atoms with Crippen molar-refractivity contribution in [2.24, 2.45) is 0 Å². The molecule has 1 aromatic heterocycles. The third-order valence-corrected chi connectivity index (χ3v) is 5.14. The molecular weight excluding hydrogens is 318 g/mol. The van der Waals surface area contributed by atoms with E-state index in [-0.39, 0.29) is 11.7 Å². The quantitative estimate of drug-likeness (QED) is 0.922. The van der Waals surface area contributed by atoms with Gasteiger partial charge in [0.15, 0.2) is 5.76 Å². The van der Waals surface area contributed by atoms with Gasteiger partial charge in [-0.3, -0.25) is 9.52 Å². The lowest BCUT2D eigenvalue weighted by Gasteiger charge is -2.18. The lowest BCUT2D eigenvalue weighted by atomic mass is 10.1. The largest absolute Gasteiger partial charge is 0.459 e. The number of amides is 1. The lowest BCUT2D eigenvalue weighted by molar-refractivity contribution is 0.0963. The highest BCUT2D eigenvalue weighted by Gasteiger charge is 2.27. The van der Waals surface area contributed by atoms with E-state index in [4.69, 9.17) is 4.42 Å². The van der Waals surface area contributed by atoms with Crippen LogP contribution in [0.25, 0.3) is 0 Å². The highest BCUT2D eigenvalue weighted by Crippen LogP contribution is 2.32. The van der Waals surface area contributed by atoms with Crippen LogP contribution in [0.5, 0.6) is 0 Å². The van der Waals surface area contributed by atoms with Crippen LogP contribution in [0.4, 0.5) is 11.4 Å². The summed E-state index contributed by atoms with van der Waals surface area (Å²) in [5, 5.41) is 0. The molecule has 0 saturated carbocycles. The van der Waals surface area contributed by atoms with Crippen molar-refractivity contribution >= 4 is 27.5 Å². The van der Waals surface area contributed by atoms with Gasteiger partial charge in [0.2, 0.25) is 0 Å². The van der Waals surface area contributed by atoms with E-state index in [1.54, 1.807) is 29.2 Å². The molecule has 122 valence electrons. The Morgan fingerprint density at radius 1 is 1.30 bits per heavy atom. The molecule has 1 aliphatic rings. The minimum absolute atomic E-state index is 0.235. The van der Waals surface area contributed by atoms with E-state index in [0.29, 0.717) is 17.9 Å². The van der Waals surface area contributed by atoms with E-state index >= 15 is 0 Å². The smallest absolute Gasteiger partial charge is 0.301 e. The molecule has 0 unspecified atom stereocenters. The average Bonchev–Trinajstić information content (AvgIpc) is 3.15. The number of anilines is 2. The maximum Gasteiger partial charge on any atom is 0.301 e. The van der Waals surface area contributed by atoms with Crippen molar-refractivity contribution in [2.45, 2.75) is 6.42 Å². The summed E-state index contributed by atoms with van der Waals surface area (Å²) in [6, 6.07) is 8.47. The molecule has 7 nitrogen and oxygen atoms in total. The van der Waals surface area contributed by atoms with Gasteiger partial charge in [0, 0.05) is 26.3 Å². The summed E-state index contributed by atoms with van der Waals surface area (Å²) < 4.78 is 32.6. The van der Waals surface area contributed by atoms with Crippen LogP contribution < -0.4 is 9.62 Å². The first kappa shape index (κ1) is 15.6. The summed E-state index contributed by atoms with van der Waals surface area (Å²) in [7, 11) is -0.695. The fourth-order valence-electron chi connectivity index (χ4n) is 2.43. The molecule has 1 aromatic carbocycles. The Morgan fingerprint density at radius 3 is 2.74 bits per heavy atom. The average molecular weight is 335 g/mol. The fourth-order valence-corrected chi connectivity index (χ4v) is 3.03. The maximum absolute atomic E-state index is 12.5. The standard InChI is InChI=1S/C15H17N3O4S/c1-17(2)23(20,21)16-12-6-5-11-7-8-18(13(11)10-12)15(19)14-4-3-9-22-14/h3-6,9-10,16H,7-8H2,1-2H3. The summed E-state index contributed by atoms with van der Waals surface area (Å²) in [6.07, 6.45) is 2.17. The first-order chi connectivity index (χ1) is 10.9. The van der Waals surface area contributed by atoms with Gasteiger partial charge in [-0.15, -0.1) is 0 Å². The molecule has 1 aliphatic heterocycles.